The molecule has 0 amide bonds. The summed E-state index contributed by atoms with van der Waals surface area (Å²) in [6.07, 6.45) is 1.51. The molecule has 0 aliphatic carbocycles. The zero-order valence-electron chi connectivity index (χ0n) is 15.4. The van der Waals surface area contributed by atoms with Gasteiger partial charge in [-0.05, 0) is 24.6 Å². The number of nitro groups is 1. The predicted molar refractivity (Wildman–Crippen MR) is 116 cm³/mol. The van der Waals surface area contributed by atoms with Gasteiger partial charge >= 0.3 is 0 Å². The first kappa shape index (κ1) is 19.2. The van der Waals surface area contributed by atoms with Crippen LogP contribution >= 0.6 is 23.1 Å². The van der Waals surface area contributed by atoms with Gasteiger partial charge in [-0.3, -0.25) is 14.9 Å². The van der Waals surface area contributed by atoms with Gasteiger partial charge in [-0.15, -0.1) is 11.3 Å². The molecule has 2 heterocycles. The summed E-state index contributed by atoms with van der Waals surface area (Å²) in [6, 6.07) is 13.9. The molecule has 0 unspecified atom stereocenters. The first-order valence-corrected chi connectivity index (χ1v) is 10.6. The second-order valence-corrected chi connectivity index (χ2v) is 8.21. The Kier molecular flexibility index (Phi) is 5.37. The number of hydrogen-bond donors (Lipinski definition) is 0. The molecule has 2 aromatic heterocycles. The number of ketones is 1. The van der Waals surface area contributed by atoms with Crippen LogP contribution in [0, 0.1) is 17.0 Å². The summed E-state index contributed by atoms with van der Waals surface area (Å²) in [6.45, 7) is 2.05. The maximum Gasteiger partial charge on any atom is 0.269 e. The summed E-state index contributed by atoms with van der Waals surface area (Å²) in [7, 11) is 0. The van der Waals surface area contributed by atoms with Crippen LogP contribution in [-0.2, 0) is 0 Å². The lowest BCUT2D eigenvalue weighted by molar-refractivity contribution is -0.384. The number of nitro benzene ring substituents is 1. The van der Waals surface area contributed by atoms with Crippen molar-refractivity contribution in [3.8, 4) is 11.1 Å². The number of aromatic nitrogens is 2. The van der Waals surface area contributed by atoms with Crippen LogP contribution in [-0.4, -0.2) is 26.4 Å². The molecule has 0 spiro atoms. The number of non-ortho nitro benzene ring substituents is 1. The molecule has 0 aliphatic rings. The smallest absolute Gasteiger partial charge is 0.269 e. The van der Waals surface area contributed by atoms with E-state index >= 15 is 0 Å². The van der Waals surface area contributed by atoms with Gasteiger partial charge in [0, 0.05) is 28.6 Å². The minimum Gasteiger partial charge on any atom is -0.293 e. The molecular weight excluding hydrogens is 406 g/mol. The van der Waals surface area contributed by atoms with E-state index in [1.54, 1.807) is 11.3 Å². The standard InChI is InChI=1S/C21H15N3O3S2/c1-13-2-4-14(5-3-13)17-10-28-20-19(17)21(23-12-22-20)29-11-18(25)15-6-8-16(9-7-15)24(26)27/h2-10,12H,11H2,1H3. The van der Waals surface area contributed by atoms with Gasteiger partial charge in [0.15, 0.2) is 5.78 Å². The third-order valence-electron chi connectivity index (χ3n) is 4.44. The molecule has 0 aliphatic heterocycles. The minimum atomic E-state index is -0.482. The van der Waals surface area contributed by atoms with Gasteiger partial charge in [-0.25, -0.2) is 9.97 Å². The number of thiophene rings is 1. The molecule has 6 nitrogen and oxygen atoms in total. The number of thioether (sulfide) groups is 1. The first-order valence-electron chi connectivity index (χ1n) is 8.72. The maximum absolute atomic E-state index is 12.5. The molecule has 0 saturated carbocycles. The van der Waals surface area contributed by atoms with E-state index in [0.29, 0.717) is 5.56 Å². The Hall–Kier alpha value is -3.10. The maximum atomic E-state index is 12.5. The largest absolute Gasteiger partial charge is 0.293 e. The number of aryl methyl sites for hydroxylation is 1. The fourth-order valence-electron chi connectivity index (χ4n) is 2.89. The van der Waals surface area contributed by atoms with Crippen molar-refractivity contribution in [1.82, 2.24) is 9.97 Å². The highest BCUT2D eigenvalue weighted by molar-refractivity contribution is 8.00. The first-order chi connectivity index (χ1) is 14.0. The average molecular weight is 422 g/mol. The van der Waals surface area contributed by atoms with E-state index < -0.39 is 4.92 Å². The zero-order valence-corrected chi connectivity index (χ0v) is 17.0. The van der Waals surface area contributed by atoms with Crippen molar-refractivity contribution >= 4 is 44.8 Å². The molecule has 4 rings (SSSR count). The number of Topliss-reactive ketones (excluding diaryl/α,β-unsaturated/α-hetero) is 1. The quantitative estimate of drug-likeness (QED) is 0.133. The van der Waals surface area contributed by atoms with Crippen LogP contribution < -0.4 is 0 Å². The predicted octanol–water partition coefficient (Wildman–Crippen LogP) is 5.55. The molecule has 2 aromatic carbocycles. The van der Waals surface area contributed by atoms with Crippen molar-refractivity contribution in [2.45, 2.75) is 11.9 Å². The second kappa shape index (κ2) is 8.10. The molecule has 0 atom stereocenters. The highest BCUT2D eigenvalue weighted by Gasteiger charge is 2.16. The Morgan fingerprint density at radius 3 is 2.52 bits per heavy atom. The van der Waals surface area contributed by atoms with Crippen molar-refractivity contribution in [3.05, 3.63) is 81.5 Å². The molecule has 0 fully saturated rings. The Bertz CT molecular complexity index is 1200. The topological polar surface area (TPSA) is 86.0 Å². The normalized spacial score (nSPS) is 10.9. The average Bonchev–Trinajstić information content (AvgIpc) is 3.17. The van der Waals surface area contributed by atoms with Gasteiger partial charge in [-0.2, -0.15) is 0 Å². The van der Waals surface area contributed by atoms with Gasteiger partial charge < -0.3 is 0 Å². The van der Waals surface area contributed by atoms with Crippen LogP contribution in [0.15, 0.2) is 65.3 Å². The van der Waals surface area contributed by atoms with E-state index in [2.05, 4.69) is 39.6 Å². The molecule has 0 saturated heterocycles. The van der Waals surface area contributed by atoms with Crippen LogP contribution in [0.25, 0.3) is 21.3 Å². The SMILES string of the molecule is Cc1ccc(-c2csc3ncnc(SCC(=O)c4ccc([N+](=O)[O-])cc4)c23)cc1. The van der Waals surface area contributed by atoms with E-state index in [9.17, 15) is 14.9 Å². The molecule has 144 valence electrons. The number of fused-ring (bicyclic) bond motifs is 1. The number of carbonyl (C=O) groups is 1. The summed E-state index contributed by atoms with van der Waals surface area (Å²) in [5.74, 6) is 0.0800. The molecule has 0 bridgehead atoms. The monoisotopic (exact) mass is 421 g/mol. The third kappa shape index (κ3) is 4.03. The number of carbonyl (C=O) groups excluding carboxylic acids is 1. The number of benzene rings is 2. The minimum absolute atomic E-state index is 0.0345. The van der Waals surface area contributed by atoms with E-state index in [-0.39, 0.29) is 17.2 Å². The second-order valence-electron chi connectivity index (χ2n) is 6.39. The van der Waals surface area contributed by atoms with Gasteiger partial charge in [0.05, 0.1) is 16.1 Å². The summed E-state index contributed by atoms with van der Waals surface area (Å²) >= 11 is 2.90. The highest BCUT2D eigenvalue weighted by atomic mass is 32.2. The summed E-state index contributed by atoms with van der Waals surface area (Å²) in [5.41, 5.74) is 3.73. The lowest BCUT2D eigenvalue weighted by atomic mass is 10.1. The van der Waals surface area contributed by atoms with E-state index in [1.807, 2.05) is 6.92 Å². The highest BCUT2D eigenvalue weighted by Crippen LogP contribution is 2.38. The van der Waals surface area contributed by atoms with Crippen LogP contribution in [0.2, 0.25) is 0 Å². The van der Waals surface area contributed by atoms with Gasteiger partial charge in [0.2, 0.25) is 0 Å². The van der Waals surface area contributed by atoms with Crippen molar-refractivity contribution in [3.63, 3.8) is 0 Å². The Balaban J connectivity index is 1.59. The van der Waals surface area contributed by atoms with Crippen LogP contribution in [0.5, 0.6) is 0 Å². The molecule has 0 radical (unpaired) electrons. The van der Waals surface area contributed by atoms with Gasteiger partial charge in [0.25, 0.3) is 5.69 Å². The van der Waals surface area contributed by atoms with Crippen LogP contribution in [0.4, 0.5) is 5.69 Å². The number of rotatable bonds is 6. The van der Waals surface area contributed by atoms with Gasteiger partial charge in [0.1, 0.15) is 16.2 Å². The van der Waals surface area contributed by atoms with E-state index in [1.165, 1.54) is 47.9 Å². The summed E-state index contributed by atoms with van der Waals surface area (Å²) in [5, 5.41) is 14.5. The van der Waals surface area contributed by atoms with E-state index in [0.717, 1.165) is 26.4 Å². The van der Waals surface area contributed by atoms with Crippen molar-refractivity contribution < 1.29 is 9.72 Å². The third-order valence-corrected chi connectivity index (χ3v) is 6.31. The van der Waals surface area contributed by atoms with Crippen LogP contribution in [0.3, 0.4) is 0 Å². The zero-order chi connectivity index (χ0) is 20.4. The lowest BCUT2D eigenvalue weighted by Crippen LogP contribution is -2.03. The molecular formula is C21H15N3O3S2. The summed E-state index contributed by atoms with van der Waals surface area (Å²) in [4.78, 5) is 32.5. The molecule has 4 aromatic rings. The van der Waals surface area contributed by atoms with Crippen molar-refractivity contribution in [2.75, 3.05) is 5.75 Å². The number of hydrogen-bond acceptors (Lipinski definition) is 7. The Morgan fingerprint density at radius 1 is 1.10 bits per heavy atom. The van der Waals surface area contributed by atoms with Crippen molar-refractivity contribution in [1.29, 1.82) is 0 Å². The molecule has 8 heteroatoms. The fourth-order valence-corrected chi connectivity index (χ4v) is 4.78. The molecule has 29 heavy (non-hydrogen) atoms. The number of nitrogens with zero attached hydrogens (tertiary/aromatic N) is 3. The lowest BCUT2D eigenvalue weighted by Gasteiger charge is -2.06. The molecule has 0 N–H and O–H groups in total. The Morgan fingerprint density at radius 2 is 1.83 bits per heavy atom. The van der Waals surface area contributed by atoms with Crippen LogP contribution in [0.1, 0.15) is 15.9 Å². The van der Waals surface area contributed by atoms with Gasteiger partial charge in [-0.1, -0.05) is 41.6 Å². The van der Waals surface area contributed by atoms with Crippen molar-refractivity contribution in [2.24, 2.45) is 0 Å². The Labute approximate surface area is 174 Å². The summed E-state index contributed by atoms with van der Waals surface area (Å²) < 4.78 is 0. The fraction of sp³-hybridized carbons (Fsp3) is 0.0952. The van der Waals surface area contributed by atoms with E-state index in [4.69, 9.17) is 0 Å².